The molecule has 10 nitrogen and oxygen atoms in total. The van der Waals surface area contributed by atoms with Crippen molar-refractivity contribution in [1.29, 1.82) is 0 Å². The molecule has 0 unspecified atom stereocenters. The highest BCUT2D eigenvalue weighted by Gasteiger charge is 2.12. The Labute approximate surface area is 282 Å². The van der Waals surface area contributed by atoms with Crippen molar-refractivity contribution < 1.29 is 33.4 Å². The first-order valence-electron chi connectivity index (χ1n) is 15.1. The van der Waals surface area contributed by atoms with Crippen LogP contribution in [0.25, 0.3) is 6.08 Å². The van der Waals surface area contributed by atoms with E-state index in [1.54, 1.807) is 97.1 Å². The van der Waals surface area contributed by atoms with Crippen molar-refractivity contribution in [1.82, 2.24) is 5.43 Å². The van der Waals surface area contributed by atoms with Crippen molar-refractivity contribution in [3.63, 3.8) is 0 Å². The van der Waals surface area contributed by atoms with Crippen LogP contribution in [0.5, 0.6) is 17.2 Å². The summed E-state index contributed by atoms with van der Waals surface area (Å²) < 4.78 is 16.2. The van der Waals surface area contributed by atoms with Crippen LogP contribution in [-0.2, 0) is 16.0 Å². The predicted octanol–water partition coefficient (Wildman–Crippen LogP) is 6.48. The van der Waals surface area contributed by atoms with E-state index in [1.165, 1.54) is 25.5 Å². The standard InChI is InChI=1S/C39H31N3O7/c1-47-33-22-17-30(18-23-33)39(46)49-34-13-7-5-11-28(34)19-24-37(44)48-35-14-8-6-12-31(35)26-40-42-38(45)29-15-20-32(21-16-29)41-36(43)25-27-9-3-2-4-10-27/h2-24,26H,25H2,1H3,(H,41,43)(H,42,45)/b24-19+,40-26+. The fourth-order valence-electron chi connectivity index (χ4n) is 4.49. The summed E-state index contributed by atoms with van der Waals surface area (Å²) in [5.74, 6) is -0.798. The Morgan fingerprint density at radius 2 is 1.29 bits per heavy atom. The molecule has 0 saturated heterocycles. The van der Waals surface area contributed by atoms with Crippen LogP contribution in [0.1, 0.15) is 37.4 Å². The zero-order valence-electron chi connectivity index (χ0n) is 26.4. The molecule has 5 aromatic carbocycles. The van der Waals surface area contributed by atoms with Gasteiger partial charge in [-0.15, -0.1) is 0 Å². The molecular formula is C39H31N3O7. The monoisotopic (exact) mass is 653 g/mol. The van der Waals surface area contributed by atoms with Gasteiger partial charge in [0.15, 0.2) is 0 Å². The molecule has 0 atom stereocenters. The van der Waals surface area contributed by atoms with Gasteiger partial charge >= 0.3 is 11.9 Å². The summed E-state index contributed by atoms with van der Waals surface area (Å²) in [6, 6.07) is 35.7. The number of carbonyl (C=O) groups excluding carboxylic acids is 4. The maximum atomic E-state index is 12.7. The Kier molecular flexibility index (Phi) is 11.4. The van der Waals surface area contributed by atoms with Crippen molar-refractivity contribution in [3.8, 4) is 17.2 Å². The Bertz CT molecular complexity index is 1990. The molecule has 0 aliphatic carbocycles. The zero-order valence-corrected chi connectivity index (χ0v) is 26.4. The number of amides is 2. The molecule has 0 fully saturated rings. The van der Waals surface area contributed by atoms with Crippen LogP contribution in [0.15, 0.2) is 139 Å². The number of methoxy groups -OCH3 is 1. The number of nitrogens with zero attached hydrogens (tertiary/aromatic N) is 1. The van der Waals surface area contributed by atoms with E-state index in [9.17, 15) is 19.2 Å². The van der Waals surface area contributed by atoms with E-state index in [0.717, 1.165) is 5.56 Å². The highest BCUT2D eigenvalue weighted by Crippen LogP contribution is 2.22. The van der Waals surface area contributed by atoms with Gasteiger partial charge in [0, 0.05) is 28.5 Å². The van der Waals surface area contributed by atoms with Crippen molar-refractivity contribution >= 4 is 41.7 Å². The van der Waals surface area contributed by atoms with E-state index in [1.807, 2.05) is 30.3 Å². The van der Waals surface area contributed by atoms with Crippen LogP contribution < -0.4 is 25.0 Å². The third kappa shape index (κ3) is 9.84. The molecule has 0 aliphatic rings. The third-order valence-electron chi connectivity index (χ3n) is 6.98. The van der Waals surface area contributed by atoms with E-state index in [-0.39, 0.29) is 23.8 Å². The summed E-state index contributed by atoms with van der Waals surface area (Å²) in [6.45, 7) is 0. The van der Waals surface area contributed by atoms with Crippen LogP contribution in [0.4, 0.5) is 5.69 Å². The average molecular weight is 654 g/mol. The number of esters is 2. The second-order valence-electron chi connectivity index (χ2n) is 10.4. The predicted molar refractivity (Wildman–Crippen MR) is 186 cm³/mol. The SMILES string of the molecule is COc1ccc(C(=O)Oc2ccccc2/C=C/C(=O)Oc2ccccc2/C=N/NC(=O)c2ccc(NC(=O)Cc3ccccc3)cc2)cc1. The lowest BCUT2D eigenvalue weighted by molar-refractivity contribution is -0.129. The Morgan fingerprint density at radius 3 is 1.98 bits per heavy atom. The van der Waals surface area contributed by atoms with Crippen LogP contribution >= 0.6 is 0 Å². The molecule has 2 amide bonds. The molecule has 5 rings (SSSR count). The molecule has 2 N–H and O–H groups in total. The first kappa shape index (κ1) is 33.6. The van der Waals surface area contributed by atoms with Crippen LogP contribution in [0, 0.1) is 0 Å². The highest BCUT2D eigenvalue weighted by atomic mass is 16.5. The normalized spacial score (nSPS) is 10.8. The summed E-state index contributed by atoms with van der Waals surface area (Å²) in [5, 5.41) is 6.82. The molecule has 5 aromatic rings. The Morgan fingerprint density at radius 1 is 0.673 bits per heavy atom. The first-order valence-corrected chi connectivity index (χ1v) is 15.1. The van der Waals surface area contributed by atoms with Gasteiger partial charge in [-0.1, -0.05) is 60.7 Å². The largest absolute Gasteiger partial charge is 0.497 e. The van der Waals surface area contributed by atoms with E-state index in [4.69, 9.17) is 14.2 Å². The van der Waals surface area contributed by atoms with E-state index in [2.05, 4.69) is 15.8 Å². The van der Waals surface area contributed by atoms with Gasteiger partial charge in [-0.25, -0.2) is 15.0 Å². The van der Waals surface area contributed by atoms with Crippen molar-refractivity contribution in [3.05, 3.63) is 161 Å². The van der Waals surface area contributed by atoms with Gasteiger partial charge in [0.25, 0.3) is 5.91 Å². The summed E-state index contributed by atoms with van der Waals surface area (Å²) >= 11 is 0. The van der Waals surface area contributed by atoms with Crippen molar-refractivity contribution in [2.75, 3.05) is 12.4 Å². The Hall–Kier alpha value is -6.81. The lowest BCUT2D eigenvalue weighted by Crippen LogP contribution is -2.18. The molecule has 10 heteroatoms. The summed E-state index contributed by atoms with van der Waals surface area (Å²) in [5.41, 5.74) is 5.50. The number of anilines is 1. The van der Waals surface area contributed by atoms with Crippen LogP contribution in [-0.4, -0.2) is 37.1 Å². The molecule has 0 heterocycles. The van der Waals surface area contributed by atoms with E-state index in [0.29, 0.717) is 33.7 Å². The van der Waals surface area contributed by atoms with E-state index >= 15 is 0 Å². The fraction of sp³-hybridized carbons (Fsp3) is 0.0513. The lowest BCUT2D eigenvalue weighted by Gasteiger charge is -2.08. The van der Waals surface area contributed by atoms with Gasteiger partial charge in [-0.2, -0.15) is 5.10 Å². The molecule has 49 heavy (non-hydrogen) atoms. The van der Waals surface area contributed by atoms with Gasteiger partial charge in [0.05, 0.1) is 25.3 Å². The number of hydrogen-bond donors (Lipinski definition) is 2. The van der Waals surface area contributed by atoms with E-state index < -0.39 is 17.8 Å². The minimum atomic E-state index is -0.683. The summed E-state index contributed by atoms with van der Waals surface area (Å²) in [4.78, 5) is 50.4. The van der Waals surface area contributed by atoms with Gasteiger partial charge < -0.3 is 19.5 Å². The topological polar surface area (TPSA) is 132 Å². The number of benzene rings is 5. The molecule has 0 spiro atoms. The van der Waals surface area contributed by atoms with Crippen LogP contribution in [0.2, 0.25) is 0 Å². The number of ether oxygens (including phenoxy) is 3. The summed E-state index contributed by atoms with van der Waals surface area (Å²) in [6.07, 6.45) is 4.29. The number of nitrogens with one attached hydrogen (secondary N) is 2. The minimum absolute atomic E-state index is 0.168. The summed E-state index contributed by atoms with van der Waals surface area (Å²) in [7, 11) is 1.54. The number of hydrazone groups is 1. The fourth-order valence-corrected chi connectivity index (χ4v) is 4.49. The number of carbonyl (C=O) groups is 4. The van der Waals surface area contributed by atoms with Gasteiger partial charge in [0.1, 0.15) is 17.2 Å². The third-order valence-corrected chi connectivity index (χ3v) is 6.98. The number of hydrogen-bond acceptors (Lipinski definition) is 8. The quantitative estimate of drug-likeness (QED) is 0.0518. The second kappa shape index (κ2) is 16.7. The zero-order chi connectivity index (χ0) is 34.4. The molecular weight excluding hydrogens is 622 g/mol. The van der Waals surface area contributed by atoms with Gasteiger partial charge in [-0.3, -0.25) is 9.59 Å². The number of rotatable bonds is 12. The van der Waals surface area contributed by atoms with Crippen molar-refractivity contribution in [2.24, 2.45) is 5.10 Å². The van der Waals surface area contributed by atoms with Crippen molar-refractivity contribution in [2.45, 2.75) is 6.42 Å². The second-order valence-corrected chi connectivity index (χ2v) is 10.4. The molecule has 0 radical (unpaired) electrons. The Balaban J connectivity index is 1.15. The van der Waals surface area contributed by atoms with Crippen LogP contribution in [0.3, 0.4) is 0 Å². The number of para-hydroxylation sites is 2. The molecule has 0 aromatic heterocycles. The molecule has 0 aliphatic heterocycles. The maximum absolute atomic E-state index is 12.7. The molecule has 0 bridgehead atoms. The highest BCUT2D eigenvalue weighted by molar-refractivity contribution is 5.97. The molecule has 244 valence electrons. The lowest BCUT2D eigenvalue weighted by atomic mass is 10.1. The van der Waals surface area contributed by atoms with Gasteiger partial charge in [-0.05, 0) is 78.4 Å². The molecule has 0 saturated carbocycles. The maximum Gasteiger partial charge on any atom is 0.343 e. The smallest absolute Gasteiger partial charge is 0.343 e. The first-order chi connectivity index (χ1) is 23.9. The minimum Gasteiger partial charge on any atom is -0.497 e. The average Bonchev–Trinajstić information content (AvgIpc) is 3.12. The van der Waals surface area contributed by atoms with Gasteiger partial charge in [0.2, 0.25) is 5.91 Å².